The number of H-pyrrole nitrogens is 1. The molecule has 0 radical (unpaired) electrons. The summed E-state index contributed by atoms with van der Waals surface area (Å²) in [5.74, 6) is 0.533. The van der Waals surface area contributed by atoms with Gasteiger partial charge in [-0.2, -0.15) is 4.98 Å². The number of rotatable bonds is 3. The normalized spacial score (nSPS) is 23.1. The molecular weight excluding hydrogens is 250 g/mol. The minimum Gasteiger partial charge on any atom is -0.394 e. The standard InChI is InChI=1S/C11H15N5O3/c1-12-9-8-10(15-11(18)14-9)16(5-13-8)7-3-2-6(4-17)19-7/h5-7,17H,2-4H2,1H3,(H2,12,14,15,18). The number of fused-ring (bicyclic) bond motifs is 1. The molecule has 2 atom stereocenters. The van der Waals surface area contributed by atoms with Gasteiger partial charge in [0, 0.05) is 7.05 Å². The van der Waals surface area contributed by atoms with E-state index in [0.29, 0.717) is 17.0 Å². The van der Waals surface area contributed by atoms with Crippen LogP contribution in [0, 0.1) is 0 Å². The van der Waals surface area contributed by atoms with Gasteiger partial charge in [-0.1, -0.05) is 0 Å². The molecule has 2 aromatic heterocycles. The van der Waals surface area contributed by atoms with Crippen LogP contribution in [0.5, 0.6) is 0 Å². The van der Waals surface area contributed by atoms with Crippen LogP contribution in [0.3, 0.4) is 0 Å². The van der Waals surface area contributed by atoms with Gasteiger partial charge in [-0.25, -0.2) is 9.78 Å². The fraction of sp³-hybridized carbons (Fsp3) is 0.545. The summed E-state index contributed by atoms with van der Waals surface area (Å²) in [5.41, 5.74) is 0.644. The van der Waals surface area contributed by atoms with Crippen molar-refractivity contribution in [3.05, 3.63) is 16.8 Å². The smallest absolute Gasteiger partial charge is 0.348 e. The Morgan fingerprint density at radius 1 is 1.63 bits per heavy atom. The van der Waals surface area contributed by atoms with Gasteiger partial charge in [0.25, 0.3) is 0 Å². The quantitative estimate of drug-likeness (QED) is 0.711. The van der Waals surface area contributed by atoms with Crippen LogP contribution < -0.4 is 11.0 Å². The summed E-state index contributed by atoms with van der Waals surface area (Å²) in [4.78, 5) is 22.3. The molecule has 3 rings (SSSR count). The van der Waals surface area contributed by atoms with E-state index in [-0.39, 0.29) is 18.9 Å². The van der Waals surface area contributed by atoms with Crippen molar-refractivity contribution in [1.82, 2.24) is 19.5 Å². The average molecular weight is 265 g/mol. The molecule has 1 fully saturated rings. The Morgan fingerprint density at radius 2 is 2.47 bits per heavy atom. The molecule has 2 aromatic rings. The molecule has 0 aliphatic carbocycles. The molecule has 2 unspecified atom stereocenters. The van der Waals surface area contributed by atoms with Crippen LogP contribution in [0.2, 0.25) is 0 Å². The lowest BCUT2D eigenvalue weighted by Gasteiger charge is -2.13. The van der Waals surface area contributed by atoms with E-state index in [9.17, 15) is 4.79 Å². The maximum atomic E-state index is 11.5. The van der Waals surface area contributed by atoms with E-state index < -0.39 is 5.69 Å². The minimum absolute atomic E-state index is 0.00108. The molecule has 102 valence electrons. The summed E-state index contributed by atoms with van der Waals surface area (Å²) >= 11 is 0. The molecular formula is C11H15N5O3. The summed E-state index contributed by atoms with van der Waals surface area (Å²) in [6.45, 7) is -0.00108. The Morgan fingerprint density at radius 3 is 3.16 bits per heavy atom. The predicted octanol–water partition coefficient (Wildman–Crippen LogP) is -0.169. The predicted molar refractivity (Wildman–Crippen MR) is 67.9 cm³/mol. The number of aliphatic hydroxyl groups excluding tert-OH is 1. The molecule has 8 nitrogen and oxygen atoms in total. The fourth-order valence-electron chi connectivity index (χ4n) is 2.35. The number of nitrogens with one attached hydrogen (secondary N) is 2. The van der Waals surface area contributed by atoms with Gasteiger partial charge in [-0.05, 0) is 12.8 Å². The first-order chi connectivity index (χ1) is 9.22. The number of anilines is 1. The van der Waals surface area contributed by atoms with Gasteiger partial charge in [0.1, 0.15) is 17.6 Å². The van der Waals surface area contributed by atoms with Crippen LogP contribution >= 0.6 is 0 Å². The second-order valence-electron chi connectivity index (χ2n) is 4.46. The summed E-state index contributed by atoms with van der Waals surface area (Å²) in [7, 11) is 1.71. The van der Waals surface area contributed by atoms with Crippen molar-refractivity contribution in [2.45, 2.75) is 25.2 Å². The van der Waals surface area contributed by atoms with Crippen molar-refractivity contribution < 1.29 is 9.84 Å². The van der Waals surface area contributed by atoms with Crippen LogP contribution in [-0.4, -0.2) is 44.4 Å². The van der Waals surface area contributed by atoms with Crippen molar-refractivity contribution in [1.29, 1.82) is 0 Å². The van der Waals surface area contributed by atoms with Gasteiger partial charge >= 0.3 is 5.69 Å². The van der Waals surface area contributed by atoms with E-state index >= 15 is 0 Å². The molecule has 19 heavy (non-hydrogen) atoms. The molecule has 1 saturated heterocycles. The zero-order valence-electron chi connectivity index (χ0n) is 10.5. The van der Waals surface area contributed by atoms with E-state index in [0.717, 1.165) is 12.8 Å². The average Bonchev–Trinajstić information content (AvgIpc) is 3.03. The van der Waals surface area contributed by atoms with Gasteiger partial charge < -0.3 is 15.2 Å². The Balaban J connectivity index is 2.06. The van der Waals surface area contributed by atoms with Crippen molar-refractivity contribution >= 4 is 17.0 Å². The molecule has 0 aromatic carbocycles. The topological polar surface area (TPSA) is 105 Å². The number of hydrogen-bond donors (Lipinski definition) is 3. The van der Waals surface area contributed by atoms with E-state index in [1.54, 1.807) is 17.9 Å². The first-order valence-electron chi connectivity index (χ1n) is 6.14. The number of aromatic nitrogens is 4. The third-order valence-electron chi connectivity index (χ3n) is 3.29. The lowest BCUT2D eigenvalue weighted by atomic mass is 10.2. The molecule has 3 N–H and O–H groups in total. The first-order valence-corrected chi connectivity index (χ1v) is 6.14. The second kappa shape index (κ2) is 4.63. The van der Waals surface area contributed by atoms with Crippen molar-refractivity contribution in [2.75, 3.05) is 19.0 Å². The maximum Gasteiger partial charge on any atom is 0.348 e. The Bertz CT molecular complexity index is 649. The van der Waals surface area contributed by atoms with E-state index in [2.05, 4.69) is 20.3 Å². The molecule has 8 heteroatoms. The number of ether oxygens (including phenoxy) is 1. The first kappa shape index (κ1) is 12.1. The highest BCUT2D eigenvalue weighted by Gasteiger charge is 2.27. The van der Waals surface area contributed by atoms with E-state index in [1.165, 1.54) is 0 Å². The molecule has 1 aliphatic heterocycles. The van der Waals surface area contributed by atoms with Crippen LogP contribution in [-0.2, 0) is 4.74 Å². The van der Waals surface area contributed by atoms with Crippen molar-refractivity contribution in [3.8, 4) is 0 Å². The molecule has 3 heterocycles. The van der Waals surface area contributed by atoms with Gasteiger partial charge in [0.2, 0.25) is 0 Å². The van der Waals surface area contributed by atoms with E-state index in [4.69, 9.17) is 9.84 Å². The third-order valence-corrected chi connectivity index (χ3v) is 3.29. The monoisotopic (exact) mass is 265 g/mol. The van der Waals surface area contributed by atoms with Gasteiger partial charge in [-0.3, -0.25) is 9.55 Å². The highest BCUT2D eigenvalue weighted by molar-refractivity contribution is 5.82. The highest BCUT2D eigenvalue weighted by Crippen LogP contribution is 2.30. The molecule has 0 amide bonds. The van der Waals surface area contributed by atoms with E-state index in [1.807, 2.05) is 0 Å². The number of imidazole rings is 1. The summed E-state index contributed by atoms with van der Waals surface area (Å²) in [6.07, 6.45) is 2.76. The summed E-state index contributed by atoms with van der Waals surface area (Å²) in [6, 6.07) is 0. The zero-order chi connectivity index (χ0) is 13.4. The summed E-state index contributed by atoms with van der Waals surface area (Å²) < 4.78 is 7.41. The van der Waals surface area contributed by atoms with Crippen molar-refractivity contribution in [3.63, 3.8) is 0 Å². The zero-order valence-corrected chi connectivity index (χ0v) is 10.5. The van der Waals surface area contributed by atoms with Crippen LogP contribution in [0.25, 0.3) is 11.2 Å². The Labute approximate surface area is 108 Å². The minimum atomic E-state index is -0.435. The number of aromatic amines is 1. The maximum absolute atomic E-state index is 11.5. The van der Waals surface area contributed by atoms with Crippen molar-refractivity contribution in [2.24, 2.45) is 0 Å². The third kappa shape index (κ3) is 1.98. The second-order valence-corrected chi connectivity index (χ2v) is 4.46. The van der Waals surface area contributed by atoms with Gasteiger partial charge in [0.05, 0.1) is 19.0 Å². The molecule has 0 bridgehead atoms. The highest BCUT2D eigenvalue weighted by atomic mass is 16.5. The lowest BCUT2D eigenvalue weighted by Crippen LogP contribution is -2.17. The number of aliphatic hydroxyl groups is 1. The van der Waals surface area contributed by atoms with Crippen LogP contribution in [0.15, 0.2) is 11.1 Å². The Kier molecular flexibility index (Phi) is 2.96. The number of hydrogen-bond acceptors (Lipinski definition) is 6. The SMILES string of the molecule is CNc1[nH]c(=O)nc2c1ncn2C1CCC(CO)O1. The fourth-order valence-corrected chi connectivity index (χ4v) is 2.35. The van der Waals surface area contributed by atoms with Crippen LogP contribution in [0.1, 0.15) is 19.1 Å². The number of nitrogens with zero attached hydrogens (tertiary/aromatic N) is 3. The molecule has 0 spiro atoms. The molecule has 1 aliphatic rings. The molecule has 0 saturated carbocycles. The Hall–Kier alpha value is -1.93. The summed E-state index contributed by atoms with van der Waals surface area (Å²) in [5, 5.41) is 12.0. The lowest BCUT2D eigenvalue weighted by molar-refractivity contribution is -0.0207. The van der Waals surface area contributed by atoms with Gasteiger partial charge in [-0.15, -0.1) is 0 Å². The largest absolute Gasteiger partial charge is 0.394 e. The van der Waals surface area contributed by atoms with Gasteiger partial charge in [0.15, 0.2) is 5.65 Å². The van der Waals surface area contributed by atoms with Crippen LogP contribution in [0.4, 0.5) is 5.82 Å².